The van der Waals surface area contributed by atoms with E-state index in [2.05, 4.69) is 37.3 Å². The van der Waals surface area contributed by atoms with Gasteiger partial charge in [0.2, 0.25) is 0 Å². The molecule has 0 amide bonds. The molecule has 0 spiro atoms. The maximum atomic E-state index is 9.45. The minimum atomic E-state index is 0.149. The van der Waals surface area contributed by atoms with Crippen molar-refractivity contribution in [1.29, 1.82) is 0 Å². The number of ether oxygens (including phenoxy) is 1. The largest absolute Gasteiger partial charge is 0.504 e. The molecule has 3 aromatic carbocycles. The summed E-state index contributed by atoms with van der Waals surface area (Å²) >= 11 is 0. The zero-order chi connectivity index (χ0) is 20.6. The number of para-hydroxylation sites is 3. The summed E-state index contributed by atoms with van der Waals surface area (Å²) in [4.78, 5) is 0. The van der Waals surface area contributed by atoms with E-state index >= 15 is 0 Å². The Kier molecular flexibility index (Phi) is 11.1. The van der Waals surface area contributed by atoms with Crippen molar-refractivity contribution in [2.75, 3.05) is 0 Å². The molecular formula is C27H34O2. The molecule has 2 heteroatoms. The van der Waals surface area contributed by atoms with Crippen LogP contribution in [0, 0.1) is 0 Å². The summed E-state index contributed by atoms with van der Waals surface area (Å²) < 4.78 is 5.46. The fourth-order valence-corrected chi connectivity index (χ4v) is 3.09. The average Bonchev–Trinajstić information content (AvgIpc) is 2.77. The molecule has 3 aromatic rings. The number of unbranched alkanes of at least 4 members (excludes halogenated alkanes) is 6. The van der Waals surface area contributed by atoms with Crippen molar-refractivity contribution >= 4 is 0 Å². The summed E-state index contributed by atoms with van der Waals surface area (Å²) in [6.07, 6.45) is 11.1. The molecule has 0 fully saturated rings. The Bertz CT molecular complexity index is 769. The molecule has 0 atom stereocenters. The Labute approximate surface area is 176 Å². The lowest BCUT2D eigenvalue weighted by Gasteiger charge is -2.06. The number of hydrogen-bond acceptors (Lipinski definition) is 2. The smallest absolute Gasteiger partial charge is 0.169 e. The molecule has 0 aliphatic rings. The Morgan fingerprint density at radius 2 is 1.17 bits per heavy atom. The molecule has 0 heterocycles. The molecule has 154 valence electrons. The van der Waals surface area contributed by atoms with Gasteiger partial charge in [0, 0.05) is 0 Å². The zero-order valence-corrected chi connectivity index (χ0v) is 17.6. The number of aromatic hydroxyl groups is 1. The van der Waals surface area contributed by atoms with Crippen LogP contribution in [0.3, 0.4) is 0 Å². The van der Waals surface area contributed by atoms with Crippen LogP contribution in [0.2, 0.25) is 0 Å². The maximum absolute atomic E-state index is 9.45. The quantitative estimate of drug-likeness (QED) is 0.354. The second-order valence-electron chi connectivity index (χ2n) is 7.24. The minimum Gasteiger partial charge on any atom is -0.504 e. The first-order chi connectivity index (χ1) is 14.3. The minimum absolute atomic E-state index is 0.149. The third kappa shape index (κ3) is 9.84. The number of rotatable bonds is 10. The van der Waals surface area contributed by atoms with Gasteiger partial charge >= 0.3 is 0 Å². The van der Waals surface area contributed by atoms with Gasteiger partial charge in [0.25, 0.3) is 0 Å². The molecule has 29 heavy (non-hydrogen) atoms. The molecule has 0 unspecified atom stereocenters. The highest BCUT2D eigenvalue weighted by molar-refractivity contribution is 5.41. The van der Waals surface area contributed by atoms with Gasteiger partial charge in [0.1, 0.15) is 5.75 Å². The zero-order valence-electron chi connectivity index (χ0n) is 17.6. The van der Waals surface area contributed by atoms with Gasteiger partial charge < -0.3 is 9.84 Å². The van der Waals surface area contributed by atoms with Crippen molar-refractivity contribution in [1.82, 2.24) is 0 Å². The predicted molar refractivity (Wildman–Crippen MR) is 123 cm³/mol. The van der Waals surface area contributed by atoms with E-state index in [-0.39, 0.29) is 5.75 Å². The summed E-state index contributed by atoms with van der Waals surface area (Å²) in [5.41, 5.74) is 1.49. The summed E-state index contributed by atoms with van der Waals surface area (Å²) in [6, 6.07) is 27.1. The number of phenolic OH excluding ortho intramolecular Hbond substituents is 1. The standard InChI is InChI=1S/C15H24.C12H10O2/c1-2-3-4-5-6-7-9-12-15-13-10-8-11-14-15;13-11-8-4-5-9-12(11)14-10-6-2-1-3-7-10/h8,10-11,13-14H,2-7,9,12H2,1H3;1-9,13H. The van der Waals surface area contributed by atoms with Gasteiger partial charge in [-0.3, -0.25) is 0 Å². The van der Waals surface area contributed by atoms with Crippen LogP contribution in [0.4, 0.5) is 0 Å². The molecule has 0 bridgehead atoms. The van der Waals surface area contributed by atoms with Crippen molar-refractivity contribution in [2.24, 2.45) is 0 Å². The molecule has 0 aliphatic heterocycles. The van der Waals surface area contributed by atoms with E-state index < -0.39 is 0 Å². The first kappa shape index (κ1) is 22.5. The van der Waals surface area contributed by atoms with Crippen molar-refractivity contribution < 1.29 is 9.84 Å². The summed E-state index contributed by atoms with van der Waals surface area (Å²) in [6.45, 7) is 2.27. The SMILES string of the molecule is CCCCCCCCCc1ccccc1.Oc1ccccc1Oc1ccccc1. The van der Waals surface area contributed by atoms with Gasteiger partial charge in [-0.2, -0.15) is 0 Å². The van der Waals surface area contributed by atoms with Gasteiger partial charge in [-0.05, 0) is 42.7 Å². The van der Waals surface area contributed by atoms with Crippen molar-refractivity contribution in [3.8, 4) is 17.2 Å². The number of phenols is 1. The van der Waals surface area contributed by atoms with E-state index in [9.17, 15) is 5.11 Å². The lowest BCUT2D eigenvalue weighted by atomic mass is 10.0. The van der Waals surface area contributed by atoms with Crippen LogP contribution in [-0.4, -0.2) is 5.11 Å². The van der Waals surface area contributed by atoms with Gasteiger partial charge in [-0.1, -0.05) is 106 Å². The molecule has 3 rings (SSSR count). The highest BCUT2D eigenvalue weighted by atomic mass is 16.5. The van der Waals surface area contributed by atoms with Crippen LogP contribution in [0.5, 0.6) is 17.2 Å². The average molecular weight is 391 g/mol. The van der Waals surface area contributed by atoms with Crippen LogP contribution < -0.4 is 4.74 Å². The van der Waals surface area contributed by atoms with E-state index in [4.69, 9.17) is 4.74 Å². The molecular weight excluding hydrogens is 356 g/mol. The third-order valence-corrected chi connectivity index (χ3v) is 4.75. The van der Waals surface area contributed by atoms with Gasteiger partial charge in [0.05, 0.1) is 0 Å². The van der Waals surface area contributed by atoms with E-state index in [0.717, 1.165) is 0 Å². The van der Waals surface area contributed by atoms with E-state index in [1.165, 1.54) is 56.9 Å². The number of benzene rings is 3. The Morgan fingerprint density at radius 1 is 0.621 bits per heavy atom. The molecule has 0 aliphatic carbocycles. The molecule has 0 aromatic heterocycles. The van der Waals surface area contributed by atoms with Gasteiger partial charge in [-0.15, -0.1) is 0 Å². The van der Waals surface area contributed by atoms with E-state index in [0.29, 0.717) is 11.5 Å². The van der Waals surface area contributed by atoms with Crippen molar-refractivity contribution in [3.63, 3.8) is 0 Å². The predicted octanol–water partition coefficient (Wildman–Crippen LogP) is 8.16. The van der Waals surface area contributed by atoms with E-state index in [1.54, 1.807) is 18.2 Å². The Balaban J connectivity index is 0.000000207. The monoisotopic (exact) mass is 390 g/mol. The molecule has 2 nitrogen and oxygen atoms in total. The fraction of sp³-hybridized carbons (Fsp3) is 0.333. The molecule has 0 radical (unpaired) electrons. The summed E-state index contributed by atoms with van der Waals surface area (Å²) in [7, 11) is 0. The third-order valence-electron chi connectivity index (χ3n) is 4.75. The van der Waals surface area contributed by atoms with Crippen LogP contribution >= 0.6 is 0 Å². The molecule has 0 saturated heterocycles. The molecule has 1 N–H and O–H groups in total. The van der Waals surface area contributed by atoms with Crippen molar-refractivity contribution in [3.05, 3.63) is 90.5 Å². The highest BCUT2D eigenvalue weighted by Crippen LogP contribution is 2.29. The van der Waals surface area contributed by atoms with Crippen LogP contribution in [0.15, 0.2) is 84.9 Å². The summed E-state index contributed by atoms with van der Waals surface area (Å²) in [5, 5.41) is 9.45. The second kappa shape index (κ2) is 14.3. The van der Waals surface area contributed by atoms with Gasteiger partial charge in [-0.25, -0.2) is 0 Å². The lowest BCUT2D eigenvalue weighted by Crippen LogP contribution is -1.85. The van der Waals surface area contributed by atoms with Crippen molar-refractivity contribution in [2.45, 2.75) is 58.3 Å². The van der Waals surface area contributed by atoms with Gasteiger partial charge in [0.15, 0.2) is 11.5 Å². The highest BCUT2D eigenvalue weighted by Gasteiger charge is 2.00. The van der Waals surface area contributed by atoms with Crippen LogP contribution in [0.25, 0.3) is 0 Å². The van der Waals surface area contributed by atoms with E-state index in [1.807, 2.05) is 36.4 Å². The lowest BCUT2D eigenvalue weighted by molar-refractivity contribution is 0.411. The Morgan fingerprint density at radius 3 is 1.83 bits per heavy atom. The number of hydrogen-bond donors (Lipinski definition) is 1. The van der Waals surface area contributed by atoms with Crippen LogP contribution in [0.1, 0.15) is 57.4 Å². The maximum Gasteiger partial charge on any atom is 0.169 e. The topological polar surface area (TPSA) is 29.5 Å². The van der Waals surface area contributed by atoms with Crippen LogP contribution in [-0.2, 0) is 6.42 Å². The Hall–Kier alpha value is -2.74. The second-order valence-corrected chi connectivity index (χ2v) is 7.24. The normalized spacial score (nSPS) is 10.1. The summed E-state index contributed by atoms with van der Waals surface area (Å²) in [5.74, 6) is 1.34. The first-order valence-corrected chi connectivity index (χ1v) is 10.8. The number of aryl methyl sites for hydroxylation is 1. The first-order valence-electron chi connectivity index (χ1n) is 10.8. The molecule has 0 saturated carbocycles. The fourth-order valence-electron chi connectivity index (χ4n) is 3.09.